The zero-order chi connectivity index (χ0) is 11.3. The second-order valence-electron chi connectivity index (χ2n) is 3.04. The van der Waals surface area contributed by atoms with Crippen LogP contribution in [0.1, 0.15) is 17.3 Å². The molecule has 0 saturated heterocycles. The number of hydrogen-bond donors (Lipinski definition) is 1. The monoisotopic (exact) mass is 223 g/mol. The van der Waals surface area contributed by atoms with Crippen molar-refractivity contribution in [2.45, 2.75) is 6.92 Å². The standard InChI is InChI=1S/C11H10ClNO2/c1-8(7-14)6-13-11(15)9-4-2-3-5-10(9)12/h2-5H,6H2,1H3,(H,13,15). The summed E-state index contributed by atoms with van der Waals surface area (Å²) >= 11 is 5.82. The fourth-order valence-corrected chi connectivity index (χ4v) is 1.21. The molecule has 1 aromatic carbocycles. The number of nitrogens with one attached hydrogen (secondary N) is 1. The summed E-state index contributed by atoms with van der Waals surface area (Å²) in [6, 6.07) is 6.73. The van der Waals surface area contributed by atoms with Gasteiger partial charge in [0.2, 0.25) is 0 Å². The van der Waals surface area contributed by atoms with E-state index in [-0.39, 0.29) is 12.5 Å². The maximum Gasteiger partial charge on any atom is 0.253 e. The van der Waals surface area contributed by atoms with E-state index in [1.807, 2.05) is 0 Å². The van der Waals surface area contributed by atoms with E-state index in [9.17, 15) is 9.59 Å². The lowest BCUT2D eigenvalue weighted by Crippen LogP contribution is -2.25. The lowest BCUT2D eigenvalue weighted by Gasteiger charge is -2.04. The van der Waals surface area contributed by atoms with Gasteiger partial charge in [-0.05, 0) is 19.1 Å². The topological polar surface area (TPSA) is 46.2 Å². The van der Waals surface area contributed by atoms with Crippen LogP contribution in [-0.2, 0) is 4.79 Å². The Bertz CT molecular complexity index is 422. The molecule has 0 aliphatic carbocycles. The molecule has 78 valence electrons. The molecule has 0 aliphatic heterocycles. The van der Waals surface area contributed by atoms with Gasteiger partial charge in [0.15, 0.2) is 0 Å². The maximum absolute atomic E-state index is 11.5. The quantitative estimate of drug-likeness (QED) is 0.795. The van der Waals surface area contributed by atoms with Crippen LogP contribution in [0.2, 0.25) is 5.02 Å². The molecule has 1 rings (SSSR count). The Balaban J connectivity index is 2.70. The Morgan fingerprint density at radius 2 is 2.13 bits per heavy atom. The van der Waals surface area contributed by atoms with Crippen LogP contribution in [0.15, 0.2) is 29.8 Å². The summed E-state index contributed by atoms with van der Waals surface area (Å²) in [4.78, 5) is 21.7. The van der Waals surface area contributed by atoms with Crippen LogP contribution in [0.5, 0.6) is 0 Å². The van der Waals surface area contributed by atoms with Crippen molar-refractivity contribution < 1.29 is 9.59 Å². The van der Waals surface area contributed by atoms with Gasteiger partial charge in [-0.25, -0.2) is 4.79 Å². The van der Waals surface area contributed by atoms with Crippen molar-refractivity contribution in [3.8, 4) is 0 Å². The Kier molecular flexibility index (Phi) is 4.10. The van der Waals surface area contributed by atoms with Crippen molar-refractivity contribution >= 4 is 23.4 Å². The third-order valence-electron chi connectivity index (χ3n) is 1.81. The van der Waals surface area contributed by atoms with E-state index in [1.165, 1.54) is 0 Å². The van der Waals surface area contributed by atoms with Gasteiger partial charge in [0.1, 0.15) is 5.94 Å². The molecule has 0 fully saturated rings. The minimum atomic E-state index is -0.296. The Morgan fingerprint density at radius 1 is 1.47 bits per heavy atom. The van der Waals surface area contributed by atoms with E-state index in [0.717, 1.165) is 0 Å². The Labute approximate surface area is 92.7 Å². The van der Waals surface area contributed by atoms with Crippen LogP contribution in [0.25, 0.3) is 0 Å². The summed E-state index contributed by atoms with van der Waals surface area (Å²) in [5.41, 5.74) is 0.841. The average molecular weight is 224 g/mol. The molecular weight excluding hydrogens is 214 g/mol. The van der Waals surface area contributed by atoms with Gasteiger partial charge in [-0.3, -0.25) is 4.79 Å². The lowest BCUT2D eigenvalue weighted by molar-refractivity contribution is 0.0957. The number of rotatable bonds is 3. The van der Waals surface area contributed by atoms with Crippen LogP contribution >= 0.6 is 11.6 Å². The molecule has 0 radical (unpaired) electrons. The first kappa shape index (κ1) is 11.5. The molecule has 0 aromatic heterocycles. The predicted octanol–water partition coefficient (Wildman–Crippen LogP) is 1.85. The minimum Gasteiger partial charge on any atom is -0.348 e. The van der Waals surface area contributed by atoms with Crippen LogP contribution in [0.3, 0.4) is 0 Å². The molecule has 0 spiro atoms. The molecule has 0 heterocycles. The van der Waals surface area contributed by atoms with Gasteiger partial charge in [-0.15, -0.1) is 0 Å². The number of hydrogen-bond acceptors (Lipinski definition) is 2. The Hall–Kier alpha value is -1.57. The van der Waals surface area contributed by atoms with E-state index in [0.29, 0.717) is 16.2 Å². The molecule has 1 aromatic rings. The van der Waals surface area contributed by atoms with Crippen LogP contribution in [0, 0.1) is 0 Å². The van der Waals surface area contributed by atoms with Crippen LogP contribution in [-0.4, -0.2) is 18.4 Å². The number of carbonyl (C=O) groups is 1. The van der Waals surface area contributed by atoms with E-state index >= 15 is 0 Å². The largest absolute Gasteiger partial charge is 0.348 e. The third kappa shape index (κ3) is 3.24. The SMILES string of the molecule is CC(=C=O)CNC(=O)c1ccccc1Cl. The number of amides is 1. The first-order valence-electron chi connectivity index (χ1n) is 4.38. The van der Waals surface area contributed by atoms with E-state index in [4.69, 9.17) is 11.6 Å². The van der Waals surface area contributed by atoms with Crippen LogP contribution in [0.4, 0.5) is 0 Å². The van der Waals surface area contributed by atoms with Crippen molar-refractivity contribution in [2.24, 2.45) is 0 Å². The highest BCUT2D eigenvalue weighted by Gasteiger charge is 2.08. The molecule has 3 nitrogen and oxygen atoms in total. The summed E-state index contributed by atoms with van der Waals surface area (Å²) in [6.45, 7) is 1.79. The fourth-order valence-electron chi connectivity index (χ4n) is 0.990. The highest BCUT2D eigenvalue weighted by atomic mass is 35.5. The lowest BCUT2D eigenvalue weighted by atomic mass is 10.2. The van der Waals surface area contributed by atoms with Crippen molar-refractivity contribution in [1.82, 2.24) is 5.32 Å². The van der Waals surface area contributed by atoms with Gasteiger partial charge < -0.3 is 5.32 Å². The smallest absolute Gasteiger partial charge is 0.253 e. The summed E-state index contributed by atoms with van der Waals surface area (Å²) in [5, 5.41) is 2.96. The van der Waals surface area contributed by atoms with E-state index < -0.39 is 0 Å². The van der Waals surface area contributed by atoms with Crippen LogP contribution < -0.4 is 5.32 Å². The molecule has 0 bridgehead atoms. The molecule has 15 heavy (non-hydrogen) atoms. The molecule has 4 heteroatoms. The second-order valence-corrected chi connectivity index (χ2v) is 3.45. The van der Waals surface area contributed by atoms with E-state index in [2.05, 4.69) is 5.32 Å². The highest BCUT2D eigenvalue weighted by Crippen LogP contribution is 2.14. The zero-order valence-corrected chi connectivity index (χ0v) is 8.97. The van der Waals surface area contributed by atoms with Crippen molar-refractivity contribution in [3.63, 3.8) is 0 Å². The minimum absolute atomic E-state index is 0.188. The van der Waals surface area contributed by atoms with Crippen molar-refractivity contribution in [1.29, 1.82) is 0 Å². The van der Waals surface area contributed by atoms with Gasteiger partial charge in [0.05, 0.1) is 10.6 Å². The molecule has 0 aliphatic rings. The van der Waals surface area contributed by atoms with Crippen molar-refractivity contribution in [2.75, 3.05) is 6.54 Å². The second kappa shape index (κ2) is 5.35. The normalized spacial score (nSPS) is 9.20. The fraction of sp³-hybridized carbons (Fsp3) is 0.182. The van der Waals surface area contributed by atoms with Crippen molar-refractivity contribution in [3.05, 3.63) is 40.4 Å². The highest BCUT2D eigenvalue weighted by molar-refractivity contribution is 6.33. The summed E-state index contributed by atoms with van der Waals surface area (Å²) < 4.78 is 0. The third-order valence-corrected chi connectivity index (χ3v) is 2.14. The van der Waals surface area contributed by atoms with Gasteiger partial charge in [-0.2, -0.15) is 0 Å². The summed E-state index contributed by atoms with van der Waals surface area (Å²) in [7, 11) is 0. The molecular formula is C11H10ClNO2. The summed E-state index contributed by atoms with van der Waals surface area (Å²) in [6.07, 6.45) is 0. The molecule has 0 unspecified atom stereocenters. The number of carbonyl (C=O) groups excluding carboxylic acids is 2. The van der Waals surface area contributed by atoms with Gasteiger partial charge in [0.25, 0.3) is 5.91 Å². The summed E-state index contributed by atoms with van der Waals surface area (Å²) in [5.74, 6) is 1.41. The average Bonchev–Trinajstić information content (AvgIpc) is 2.26. The first-order valence-corrected chi connectivity index (χ1v) is 4.76. The molecule has 0 atom stereocenters. The molecule has 1 amide bonds. The first-order chi connectivity index (χ1) is 7.15. The predicted molar refractivity (Wildman–Crippen MR) is 58.7 cm³/mol. The van der Waals surface area contributed by atoms with Gasteiger partial charge >= 0.3 is 0 Å². The van der Waals surface area contributed by atoms with E-state index in [1.54, 1.807) is 37.1 Å². The molecule has 0 saturated carbocycles. The zero-order valence-electron chi connectivity index (χ0n) is 8.21. The van der Waals surface area contributed by atoms with Gasteiger partial charge in [0, 0.05) is 12.1 Å². The number of halogens is 1. The molecule has 1 N–H and O–H groups in total. The maximum atomic E-state index is 11.5. The Morgan fingerprint density at radius 3 is 2.73 bits per heavy atom. The number of benzene rings is 1. The van der Waals surface area contributed by atoms with Gasteiger partial charge in [-0.1, -0.05) is 23.7 Å².